The van der Waals surface area contributed by atoms with Crippen LogP contribution in [0, 0.1) is 0 Å². The van der Waals surface area contributed by atoms with Gasteiger partial charge in [-0.25, -0.2) is 4.98 Å². The number of ether oxygens (including phenoxy) is 1. The van der Waals surface area contributed by atoms with Crippen molar-refractivity contribution in [2.75, 3.05) is 13.1 Å². The molecule has 6 heteroatoms. The van der Waals surface area contributed by atoms with Crippen LogP contribution in [0.3, 0.4) is 0 Å². The van der Waals surface area contributed by atoms with Crippen LogP contribution >= 0.6 is 11.6 Å². The minimum atomic E-state index is 0.0811. The lowest BCUT2D eigenvalue weighted by molar-refractivity contribution is -0.142. The van der Waals surface area contributed by atoms with E-state index < -0.39 is 0 Å². The summed E-state index contributed by atoms with van der Waals surface area (Å²) in [7, 11) is 0. The molecule has 5 nitrogen and oxygen atoms in total. The maximum absolute atomic E-state index is 12.4. The zero-order chi connectivity index (χ0) is 15.0. The number of halogens is 1. The Kier molecular flexibility index (Phi) is 3.87. The van der Waals surface area contributed by atoms with E-state index in [1.54, 1.807) is 12.3 Å². The Balaban J connectivity index is 1.73. The lowest BCUT2D eigenvalue weighted by Crippen LogP contribution is -2.48. The van der Waals surface area contributed by atoms with Crippen molar-refractivity contribution in [2.45, 2.75) is 32.5 Å². The summed E-state index contributed by atoms with van der Waals surface area (Å²) in [5.74, 6) is 0.0894. The van der Waals surface area contributed by atoms with Gasteiger partial charge in [-0.3, -0.25) is 4.79 Å². The Morgan fingerprint density at radius 1 is 1.33 bits per heavy atom. The normalized spacial score (nSPS) is 22.7. The van der Waals surface area contributed by atoms with Crippen LogP contribution in [-0.4, -0.2) is 45.5 Å². The van der Waals surface area contributed by atoms with E-state index in [0.29, 0.717) is 24.5 Å². The Morgan fingerprint density at radius 2 is 2.05 bits per heavy atom. The highest BCUT2D eigenvalue weighted by Gasteiger charge is 2.26. The van der Waals surface area contributed by atoms with E-state index in [0.717, 1.165) is 11.3 Å². The summed E-state index contributed by atoms with van der Waals surface area (Å²) in [5, 5.41) is 0.647. The second-order valence-corrected chi connectivity index (χ2v) is 6.01. The third-order valence-electron chi connectivity index (χ3n) is 3.57. The molecule has 2 aromatic heterocycles. The van der Waals surface area contributed by atoms with Gasteiger partial charge in [0, 0.05) is 25.5 Å². The van der Waals surface area contributed by atoms with Gasteiger partial charge in [0.2, 0.25) is 5.91 Å². The van der Waals surface area contributed by atoms with Crippen molar-refractivity contribution in [3.05, 3.63) is 35.2 Å². The van der Waals surface area contributed by atoms with Crippen LogP contribution < -0.4 is 0 Å². The maximum atomic E-state index is 12.4. The second kappa shape index (κ2) is 5.66. The summed E-state index contributed by atoms with van der Waals surface area (Å²) in [6.45, 7) is 5.26. The molecule has 2 aromatic rings. The molecule has 1 fully saturated rings. The summed E-state index contributed by atoms with van der Waals surface area (Å²) in [4.78, 5) is 18.7. The molecule has 0 N–H and O–H groups in total. The molecule has 0 bridgehead atoms. The van der Waals surface area contributed by atoms with Crippen LogP contribution in [0.5, 0.6) is 0 Å². The monoisotopic (exact) mass is 307 g/mol. The van der Waals surface area contributed by atoms with E-state index in [1.807, 2.05) is 35.4 Å². The quantitative estimate of drug-likeness (QED) is 0.854. The fourth-order valence-electron chi connectivity index (χ4n) is 2.75. The Labute approximate surface area is 128 Å². The molecule has 0 spiro atoms. The van der Waals surface area contributed by atoms with Crippen LogP contribution in [0.2, 0.25) is 5.02 Å². The SMILES string of the molecule is CC1CN(C(=O)Cc2cn3cc(Cl)ccc3n2)CC(C)O1. The molecular formula is C15H18ClN3O2. The highest BCUT2D eigenvalue weighted by molar-refractivity contribution is 6.30. The van der Waals surface area contributed by atoms with Crippen molar-refractivity contribution in [3.8, 4) is 0 Å². The molecule has 0 saturated carbocycles. The molecule has 1 aliphatic heterocycles. The van der Waals surface area contributed by atoms with Crippen LogP contribution in [0.25, 0.3) is 5.65 Å². The van der Waals surface area contributed by atoms with E-state index in [4.69, 9.17) is 16.3 Å². The van der Waals surface area contributed by atoms with Crippen LogP contribution in [0.1, 0.15) is 19.5 Å². The fourth-order valence-corrected chi connectivity index (χ4v) is 2.92. The second-order valence-electron chi connectivity index (χ2n) is 5.58. The molecule has 2 unspecified atom stereocenters. The highest BCUT2D eigenvalue weighted by Crippen LogP contribution is 2.15. The number of rotatable bonds is 2. The number of hydrogen-bond acceptors (Lipinski definition) is 3. The average Bonchev–Trinajstić information content (AvgIpc) is 2.78. The standard InChI is InChI=1S/C15H18ClN3O2/c1-10-6-19(7-11(2)21-10)15(20)5-13-9-18-8-12(16)3-4-14(18)17-13/h3-4,8-11H,5-7H2,1-2H3. The first kappa shape index (κ1) is 14.4. The summed E-state index contributed by atoms with van der Waals surface area (Å²) in [6.07, 6.45) is 4.11. The number of morpholine rings is 1. The Bertz CT molecular complexity index is 660. The van der Waals surface area contributed by atoms with Crippen LogP contribution in [-0.2, 0) is 16.0 Å². The van der Waals surface area contributed by atoms with Crippen molar-refractivity contribution in [3.63, 3.8) is 0 Å². The molecule has 2 atom stereocenters. The first-order valence-electron chi connectivity index (χ1n) is 7.07. The van der Waals surface area contributed by atoms with Crippen molar-refractivity contribution in [1.29, 1.82) is 0 Å². The van der Waals surface area contributed by atoms with E-state index in [-0.39, 0.29) is 18.1 Å². The Morgan fingerprint density at radius 3 is 2.76 bits per heavy atom. The number of amides is 1. The van der Waals surface area contributed by atoms with Crippen molar-refractivity contribution >= 4 is 23.2 Å². The number of carbonyl (C=O) groups is 1. The van der Waals surface area contributed by atoms with Crippen molar-refractivity contribution < 1.29 is 9.53 Å². The first-order valence-corrected chi connectivity index (χ1v) is 7.45. The number of carbonyl (C=O) groups excluding carboxylic acids is 1. The minimum absolute atomic E-state index is 0.0811. The predicted octanol–water partition coefficient (Wildman–Crippen LogP) is 2.17. The van der Waals surface area contributed by atoms with Crippen molar-refractivity contribution in [1.82, 2.24) is 14.3 Å². The van der Waals surface area contributed by atoms with E-state index in [9.17, 15) is 4.79 Å². The van der Waals surface area contributed by atoms with Crippen LogP contribution in [0.15, 0.2) is 24.5 Å². The van der Waals surface area contributed by atoms with E-state index in [1.165, 1.54) is 0 Å². The zero-order valence-corrected chi connectivity index (χ0v) is 12.9. The lowest BCUT2D eigenvalue weighted by Gasteiger charge is -2.35. The van der Waals surface area contributed by atoms with Gasteiger partial charge in [-0.2, -0.15) is 0 Å². The number of nitrogens with zero attached hydrogens (tertiary/aromatic N) is 3. The van der Waals surface area contributed by atoms with E-state index in [2.05, 4.69) is 4.98 Å². The highest BCUT2D eigenvalue weighted by atomic mass is 35.5. The molecule has 3 rings (SSSR count). The molecule has 1 aliphatic rings. The maximum Gasteiger partial charge on any atom is 0.228 e. The molecule has 3 heterocycles. The third-order valence-corrected chi connectivity index (χ3v) is 3.79. The summed E-state index contributed by atoms with van der Waals surface area (Å²) >= 11 is 5.95. The molecule has 0 aliphatic carbocycles. The molecule has 21 heavy (non-hydrogen) atoms. The smallest absolute Gasteiger partial charge is 0.228 e. The minimum Gasteiger partial charge on any atom is -0.372 e. The van der Waals surface area contributed by atoms with Gasteiger partial charge in [0.05, 0.1) is 29.3 Å². The molecule has 1 amide bonds. The number of imidazole rings is 1. The number of hydrogen-bond donors (Lipinski definition) is 0. The van der Waals surface area contributed by atoms with E-state index >= 15 is 0 Å². The molecule has 0 radical (unpaired) electrons. The molecule has 0 aromatic carbocycles. The van der Waals surface area contributed by atoms with Gasteiger partial charge < -0.3 is 14.0 Å². The fraction of sp³-hybridized carbons (Fsp3) is 0.467. The predicted molar refractivity (Wildman–Crippen MR) is 80.5 cm³/mol. The first-order chi connectivity index (χ1) is 10.0. The van der Waals surface area contributed by atoms with Gasteiger partial charge in [0.25, 0.3) is 0 Å². The number of aromatic nitrogens is 2. The summed E-state index contributed by atoms with van der Waals surface area (Å²) < 4.78 is 7.49. The van der Waals surface area contributed by atoms with Gasteiger partial charge in [0.15, 0.2) is 0 Å². The van der Waals surface area contributed by atoms with Gasteiger partial charge in [-0.15, -0.1) is 0 Å². The Hall–Kier alpha value is -1.59. The van der Waals surface area contributed by atoms with Gasteiger partial charge >= 0.3 is 0 Å². The molecule has 1 saturated heterocycles. The van der Waals surface area contributed by atoms with Gasteiger partial charge in [0.1, 0.15) is 5.65 Å². The van der Waals surface area contributed by atoms with Gasteiger partial charge in [-0.05, 0) is 26.0 Å². The van der Waals surface area contributed by atoms with Gasteiger partial charge in [-0.1, -0.05) is 11.6 Å². The zero-order valence-electron chi connectivity index (χ0n) is 12.1. The largest absolute Gasteiger partial charge is 0.372 e. The third kappa shape index (κ3) is 3.19. The molecular weight excluding hydrogens is 290 g/mol. The molecule has 112 valence electrons. The average molecular weight is 308 g/mol. The topological polar surface area (TPSA) is 46.8 Å². The number of pyridine rings is 1. The number of fused-ring (bicyclic) bond motifs is 1. The van der Waals surface area contributed by atoms with Crippen molar-refractivity contribution in [2.24, 2.45) is 0 Å². The van der Waals surface area contributed by atoms with Crippen LogP contribution in [0.4, 0.5) is 0 Å². The summed E-state index contributed by atoms with van der Waals surface area (Å²) in [6, 6.07) is 3.63. The lowest BCUT2D eigenvalue weighted by atomic mass is 10.2. The summed E-state index contributed by atoms with van der Waals surface area (Å²) in [5.41, 5.74) is 1.56.